The number of hydrogen-bond donors (Lipinski definition) is 0. The van der Waals surface area contributed by atoms with Crippen LogP contribution in [0.3, 0.4) is 0 Å². The highest BCUT2D eigenvalue weighted by Crippen LogP contribution is 2.15. The predicted molar refractivity (Wildman–Crippen MR) is 68.2 cm³/mol. The smallest absolute Gasteiger partial charge is 0.321 e. The highest BCUT2D eigenvalue weighted by atomic mass is 32.2. The molecule has 1 aliphatic heterocycles. The molecule has 0 saturated carbocycles. The lowest BCUT2D eigenvalue weighted by Crippen LogP contribution is -2.44. The minimum atomic E-state index is -3.53. The summed E-state index contributed by atoms with van der Waals surface area (Å²) < 4.78 is 31.7. The number of carbonyl (C=O) groups is 1. The van der Waals surface area contributed by atoms with Crippen molar-refractivity contribution < 1.29 is 17.9 Å². The number of ether oxygens (including phenoxy) is 1. The zero-order valence-electron chi connectivity index (χ0n) is 11.1. The van der Waals surface area contributed by atoms with Crippen LogP contribution >= 0.6 is 0 Å². The summed E-state index contributed by atoms with van der Waals surface area (Å²) in [7, 11) is -2.12. The third-order valence-electron chi connectivity index (χ3n) is 2.94. The minimum Gasteiger partial charge on any atom is -0.465 e. The van der Waals surface area contributed by atoms with E-state index in [1.807, 2.05) is 0 Å². The maximum atomic E-state index is 12.2. The van der Waals surface area contributed by atoms with Crippen molar-refractivity contribution in [3.63, 3.8) is 0 Å². The molecule has 1 heterocycles. The summed E-state index contributed by atoms with van der Waals surface area (Å²) in [5.74, 6) is -0.515. The SMILES string of the molecule is CCOC(=O)CN(C)S(=O)(=O)N1CCCCCC1. The first-order chi connectivity index (χ1) is 8.48. The van der Waals surface area contributed by atoms with Crippen molar-refractivity contribution in [2.24, 2.45) is 0 Å². The van der Waals surface area contributed by atoms with E-state index in [4.69, 9.17) is 4.74 Å². The Morgan fingerprint density at radius 2 is 1.78 bits per heavy atom. The fraction of sp³-hybridized carbons (Fsp3) is 0.909. The first-order valence-corrected chi connectivity index (χ1v) is 7.75. The van der Waals surface area contributed by atoms with E-state index in [0.29, 0.717) is 13.1 Å². The summed E-state index contributed by atoms with van der Waals surface area (Å²) in [6.45, 7) is 2.80. The van der Waals surface area contributed by atoms with E-state index in [-0.39, 0.29) is 13.2 Å². The second-order valence-corrected chi connectivity index (χ2v) is 6.42. The van der Waals surface area contributed by atoms with Gasteiger partial charge < -0.3 is 4.74 Å². The molecule has 6 nitrogen and oxygen atoms in total. The summed E-state index contributed by atoms with van der Waals surface area (Å²) in [5.41, 5.74) is 0. The third kappa shape index (κ3) is 4.22. The van der Waals surface area contributed by atoms with E-state index in [1.165, 1.54) is 11.4 Å². The van der Waals surface area contributed by atoms with Crippen LogP contribution in [0.2, 0.25) is 0 Å². The van der Waals surface area contributed by atoms with Crippen LogP contribution < -0.4 is 0 Å². The first-order valence-electron chi connectivity index (χ1n) is 6.35. The van der Waals surface area contributed by atoms with Gasteiger partial charge in [0.15, 0.2) is 0 Å². The van der Waals surface area contributed by atoms with Gasteiger partial charge in [0.05, 0.1) is 6.61 Å². The summed E-state index contributed by atoms with van der Waals surface area (Å²) in [6, 6.07) is 0. The van der Waals surface area contributed by atoms with Crippen LogP contribution in [-0.4, -0.2) is 56.3 Å². The van der Waals surface area contributed by atoms with Gasteiger partial charge in [0.1, 0.15) is 6.54 Å². The number of carbonyl (C=O) groups excluding carboxylic acids is 1. The van der Waals surface area contributed by atoms with E-state index in [1.54, 1.807) is 6.92 Å². The van der Waals surface area contributed by atoms with E-state index >= 15 is 0 Å². The number of hydrogen-bond acceptors (Lipinski definition) is 4. The Balaban J connectivity index is 2.63. The Morgan fingerprint density at radius 3 is 2.28 bits per heavy atom. The van der Waals surface area contributed by atoms with Crippen molar-refractivity contribution in [2.45, 2.75) is 32.6 Å². The molecule has 0 aromatic carbocycles. The molecule has 0 radical (unpaired) electrons. The zero-order chi connectivity index (χ0) is 13.6. The Labute approximate surface area is 109 Å². The van der Waals surface area contributed by atoms with Crippen LogP contribution in [-0.2, 0) is 19.7 Å². The molecule has 1 rings (SSSR count). The van der Waals surface area contributed by atoms with Gasteiger partial charge in [-0.1, -0.05) is 12.8 Å². The van der Waals surface area contributed by atoms with E-state index in [9.17, 15) is 13.2 Å². The lowest BCUT2D eigenvalue weighted by Gasteiger charge is -2.25. The van der Waals surface area contributed by atoms with Gasteiger partial charge in [0.25, 0.3) is 10.2 Å². The molecule has 7 heteroatoms. The van der Waals surface area contributed by atoms with Crippen LogP contribution in [0.4, 0.5) is 0 Å². The molecule has 1 saturated heterocycles. The van der Waals surface area contributed by atoms with Gasteiger partial charge in [-0.25, -0.2) is 0 Å². The van der Waals surface area contributed by atoms with Crippen molar-refractivity contribution in [1.29, 1.82) is 0 Å². The number of rotatable bonds is 5. The standard InChI is InChI=1S/C11H22N2O4S/c1-3-17-11(14)10-12(2)18(15,16)13-8-6-4-5-7-9-13/h3-10H2,1-2H3. The zero-order valence-corrected chi connectivity index (χ0v) is 11.9. The second-order valence-electron chi connectivity index (χ2n) is 4.38. The van der Waals surface area contributed by atoms with Crippen molar-refractivity contribution >= 4 is 16.2 Å². The lowest BCUT2D eigenvalue weighted by atomic mass is 10.2. The Kier molecular flexibility index (Phi) is 6.04. The normalized spacial score (nSPS) is 18.6. The predicted octanol–water partition coefficient (Wildman–Crippen LogP) is 0.602. The number of esters is 1. The molecule has 0 N–H and O–H groups in total. The molecule has 1 fully saturated rings. The van der Waals surface area contributed by atoms with Gasteiger partial charge in [0, 0.05) is 20.1 Å². The molecule has 0 bridgehead atoms. The third-order valence-corrected chi connectivity index (χ3v) is 4.88. The largest absolute Gasteiger partial charge is 0.465 e. The molecule has 0 atom stereocenters. The molecule has 0 spiro atoms. The fourth-order valence-corrected chi connectivity index (χ4v) is 3.32. The molecule has 106 valence electrons. The molecule has 0 unspecified atom stereocenters. The molecular weight excluding hydrogens is 256 g/mol. The van der Waals surface area contributed by atoms with Gasteiger partial charge in [-0.3, -0.25) is 4.79 Å². The lowest BCUT2D eigenvalue weighted by molar-refractivity contribution is -0.143. The van der Waals surface area contributed by atoms with Crippen molar-refractivity contribution in [2.75, 3.05) is 33.3 Å². The monoisotopic (exact) mass is 278 g/mol. The number of nitrogens with zero attached hydrogens (tertiary/aromatic N) is 2. The fourth-order valence-electron chi connectivity index (χ4n) is 1.94. The van der Waals surface area contributed by atoms with Crippen LogP contribution in [0.15, 0.2) is 0 Å². The van der Waals surface area contributed by atoms with Gasteiger partial charge in [-0.05, 0) is 19.8 Å². The second kappa shape index (κ2) is 7.06. The Hall–Kier alpha value is -0.660. The highest BCUT2D eigenvalue weighted by molar-refractivity contribution is 7.86. The van der Waals surface area contributed by atoms with Crippen molar-refractivity contribution in [3.8, 4) is 0 Å². The molecule has 0 aromatic heterocycles. The molecule has 0 amide bonds. The number of likely N-dealkylation sites (N-methyl/N-ethyl adjacent to an activating group) is 1. The van der Waals surface area contributed by atoms with Gasteiger partial charge in [-0.2, -0.15) is 17.0 Å². The molecule has 1 aliphatic rings. The van der Waals surface area contributed by atoms with Crippen molar-refractivity contribution in [3.05, 3.63) is 0 Å². The van der Waals surface area contributed by atoms with E-state index in [0.717, 1.165) is 30.0 Å². The molecule has 0 aromatic rings. The van der Waals surface area contributed by atoms with Gasteiger partial charge in [0.2, 0.25) is 0 Å². The molecule has 18 heavy (non-hydrogen) atoms. The molecule has 0 aliphatic carbocycles. The summed E-state index contributed by atoms with van der Waals surface area (Å²) in [5, 5.41) is 0. The van der Waals surface area contributed by atoms with Gasteiger partial charge >= 0.3 is 5.97 Å². The first kappa shape index (κ1) is 15.4. The van der Waals surface area contributed by atoms with E-state index < -0.39 is 16.2 Å². The average Bonchev–Trinajstić information content (AvgIpc) is 2.57. The highest BCUT2D eigenvalue weighted by Gasteiger charge is 2.28. The molecular formula is C11H22N2O4S. The van der Waals surface area contributed by atoms with Crippen LogP contribution in [0.1, 0.15) is 32.6 Å². The topological polar surface area (TPSA) is 66.9 Å². The average molecular weight is 278 g/mol. The van der Waals surface area contributed by atoms with Gasteiger partial charge in [-0.15, -0.1) is 0 Å². The minimum absolute atomic E-state index is 0.229. The van der Waals surface area contributed by atoms with Crippen LogP contribution in [0.5, 0.6) is 0 Å². The summed E-state index contributed by atoms with van der Waals surface area (Å²) in [6.07, 6.45) is 3.89. The summed E-state index contributed by atoms with van der Waals surface area (Å²) >= 11 is 0. The summed E-state index contributed by atoms with van der Waals surface area (Å²) in [4.78, 5) is 11.3. The van der Waals surface area contributed by atoms with E-state index in [2.05, 4.69) is 0 Å². The van der Waals surface area contributed by atoms with Crippen molar-refractivity contribution in [1.82, 2.24) is 8.61 Å². The van der Waals surface area contributed by atoms with Crippen LogP contribution in [0, 0.1) is 0 Å². The maximum absolute atomic E-state index is 12.2. The maximum Gasteiger partial charge on any atom is 0.321 e. The quantitative estimate of drug-likeness (QED) is 0.691. The Morgan fingerprint density at radius 1 is 1.22 bits per heavy atom. The Bertz CT molecular complexity index is 361. The van der Waals surface area contributed by atoms with Crippen LogP contribution in [0.25, 0.3) is 0 Å².